The maximum atomic E-state index is 5.87. The molecule has 2 aromatic heterocycles. The molecule has 1 aliphatic heterocycles. The molecule has 3 rings (SSSR count). The summed E-state index contributed by atoms with van der Waals surface area (Å²) in [6.07, 6.45) is 4.87. The summed E-state index contributed by atoms with van der Waals surface area (Å²) in [6.45, 7) is 9.78. The van der Waals surface area contributed by atoms with Gasteiger partial charge in [0, 0.05) is 50.3 Å². The lowest BCUT2D eigenvalue weighted by Gasteiger charge is -2.25. The molecule has 0 saturated carbocycles. The van der Waals surface area contributed by atoms with E-state index in [4.69, 9.17) is 10.5 Å². The minimum Gasteiger partial charge on any atom is -0.475 e. The number of nitrogens with zero attached hydrogens (tertiary/aromatic N) is 5. The van der Waals surface area contributed by atoms with Crippen LogP contribution in [0.5, 0.6) is 5.88 Å². The first-order valence-corrected chi connectivity index (χ1v) is 8.74. The maximum Gasteiger partial charge on any atom is 0.225 e. The predicted octanol–water partition coefficient (Wildman–Crippen LogP) is 2.27. The van der Waals surface area contributed by atoms with Crippen molar-refractivity contribution in [2.24, 2.45) is 0 Å². The van der Waals surface area contributed by atoms with Crippen LogP contribution in [-0.2, 0) is 0 Å². The average molecular weight is 342 g/mol. The van der Waals surface area contributed by atoms with Crippen LogP contribution in [0.4, 0.5) is 17.5 Å². The molecular formula is C18H26N6O. The average Bonchev–Trinajstić information content (AvgIpc) is 2.80. The first kappa shape index (κ1) is 17.3. The van der Waals surface area contributed by atoms with Crippen molar-refractivity contribution in [2.45, 2.75) is 33.3 Å². The number of hydrogen-bond acceptors (Lipinski definition) is 7. The van der Waals surface area contributed by atoms with Crippen LogP contribution in [0.2, 0.25) is 0 Å². The Bertz CT molecular complexity index is 720. The third kappa shape index (κ3) is 4.29. The van der Waals surface area contributed by atoms with Crippen molar-refractivity contribution >= 4 is 17.5 Å². The fourth-order valence-corrected chi connectivity index (χ4v) is 3.10. The lowest BCUT2D eigenvalue weighted by molar-refractivity contribution is 0.232. The van der Waals surface area contributed by atoms with Crippen molar-refractivity contribution in [1.82, 2.24) is 15.0 Å². The molecule has 0 unspecified atom stereocenters. The van der Waals surface area contributed by atoms with E-state index in [1.54, 1.807) is 0 Å². The zero-order valence-electron chi connectivity index (χ0n) is 15.1. The highest BCUT2D eigenvalue weighted by atomic mass is 16.5. The number of nitrogen functional groups attached to an aromatic ring is 1. The van der Waals surface area contributed by atoms with Crippen molar-refractivity contribution in [3.05, 3.63) is 30.1 Å². The van der Waals surface area contributed by atoms with Gasteiger partial charge in [0.05, 0.1) is 6.10 Å². The van der Waals surface area contributed by atoms with Gasteiger partial charge in [-0.25, -0.2) is 0 Å². The minimum atomic E-state index is 0.0523. The summed E-state index contributed by atoms with van der Waals surface area (Å²) in [6, 6.07) is 3.96. The van der Waals surface area contributed by atoms with Gasteiger partial charge in [-0.15, -0.1) is 0 Å². The highest BCUT2D eigenvalue weighted by Crippen LogP contribution is 2.24. The molecule has 7 nitrogen and oxygen atoms in total. The Kier molecular flexibility index (Phi) is 5.21. The molecule has 0 radical (unpaired) electrons. The number of aromatic nitrogens is 3. The summed E-state index contributed by atoms with van der Waals surface area (Å²) in [5.74, 6) is 1.61. The summed E-state index contributed by atoms with van der Waals surface area (Å²) >= 11 is 0. The SMILES string of the molecule is Cc1cnccc1N1CCCN(c2cc(OC(C)C)nc(N)n2)CC1. The molecule has 0 bridgehead atoms. The fourth-order valence-electron chi connectivity index (χ4n) is 3.10. The molecule has 1 fully saturated rings. The second kappa shape index (κ2) is 7.55. The van der Waals surface area contributed by atoms with Gasteiger partial charge < -0.3 is 20.3 Å². The zero-order chi connectivity index (χ0) is 17.8. The number of ether oxygens (including phenoxy) is 1. The molecule has 0 amide bonds. The zero-order valence-corrected chi connectivity index (χ0v) is 15.1. The molecule has 25 heavy (non-hydrogen) atoms. The van der Waals surface area contributed by atoms with Gasteiger partial charge in [-0.1, -0.05) is 0 Å². The normalized spacial score (nSPS) is 15.4. The van der Waals surface area contributed by atoms with Crippen LogP contribution in [-0.4, -0.2) is 47.2 Å². The van der Waals surface area contributed by atoms with Crippen molar-refractivity contribution < 1.29 is 4.74 Å². The highest BCUT2D eigenvalue weighted by molar-refractivity contribution is 5.53. The Morgan fingerprint density at radius 3 is 2.64 bits per heavy atom. The van der Waals surface area contributed by atoms with Gasteiger partial charge in [0.15, 0.2) is 0 Å². The molecule has 134 valence electrons. The van der Waals surface area contributed by atoms with Crippen LogP contribution in [0.25, 0.3) is 0 Å². The summed E-state index contributed by atoms with van der Waals surface area (Å²) in [5.41, 5.74) is 8.33. The fraction of sp³-hybridized carbons (Fsp3) is 0.500. The summed E-state index contributed by atoms with van der Waals surface area (Å²) < 4.78 is 5.69. The largest absolute Gasteiger partial charge is 0.475 e. The van der Waals surface area contributed by atoms with Crippen LogP contribution in [0.3, 0.4) is 0 Å². The van der Waals surface area contributed by atoms with Crippen molar-refractivity contribution in [3.8, 4) is 5.88 Å². The molecule has 2 N–H and O–H groups in total. The molecule has 0 spiro atoms. The van der Waals surface area contributed by atoms with Gasteiger partial charge in [-0.3, -0.25) is 4.98 Å². The number of rotatable bonds is 4. The van der Waals surface area contributed by atoms with E-state index in [2.05, 4.69) is 37.7 Å². The molecule has 0 aromatic carbocycles. The van der Waals surface area contributed by atoms with Gasteiger partial charge in [0.25, 0.3) is 0 Å². The topological polar surface area (TPSA) is 80.4 Å². The molecule has 2 aromatic rings. The second-order valence-electron chi connectivity index (χ2n) is 6.58. The predicted molar refractivity (Wildman–Crippen MR) is 100 cm³/mol. The molecule has 1 aliphatic rings. The molecule has 3 heterocycles. The number of aryl methyl sites for hydroxylation is 1. The van der Waals surface area contributed by atoms with E-state index in [0.717, 1.165) is 38.4 Å². The van der Waals surface area contributed by atoms with E-state index in [1.807, 2.05) is 32.3 Å². The van der Waals surface area contributed by atoms with Gasteiger partial charge in [-0.2, -0.15) is 9.97 Å². The smallest absolute Gasteiger partial charge is 0.225 e. The Hall–Kier alpha value is -2.57. The lowest BCUT2D eigenvalue weighted by Crippen LogP contribution is -2.31. The van der Waals surface area contributed by atoms with E-state index in [9.17, 15) is 0 Å². The van der Waals surface area contributed by atoms with Crippen molar-refractivity contribution in [1.29, 1.82) is 0 Å². The summed E-state index contributed by atoms with van der Waals surface area (Å²) in [5, 5.41) is 0. The Morgan fingerprint density at radius 1 is 1.12 bits per heavy atom. The molecular weight excluding hydrogens is 316 g/mol. The van der Waals surface area contributed by atoms with E-state index in [0.29, 0.717) is 5.88 Å². The van der Waals surface area contributed by atoms with Crippen LogP contribution in [0.1, 0.15) is 25.8 Å². The standard InChI is InChI=1S/C18H26N6O/c1-13(2)25-17-11-16(21-18(19)22-17)24-8-4-7-23(9-10-24)15-5-6-20-12-14(15)3/h5-6,11-13H,4,7-10H2,1-3H3,(H2,19,21,22). The number of nitrogens with two attached hydrogens (primary N) is 1. The monoisotopic (exact) mass is 342 g/mol. The highest BCUT2D eigenvalue weighted by Gasteiger charge is 2.19. The lowest BCUT2D eigenvalue weighted by atomic mass is 10.2. The Labute approximate surface area is 148 Å². The third-order valence-corrected chi connectivity index (χ3v) is 4.21. The quantitative estimate of drug-likeness (QED) is 0.913. The summed E-state index contributed by atoms with van der Waals surface area (Å²) in [4.78, 5) is 17.4. The molecule has 1 saturated heterocycles. The maximum absolute atomic E-state index is 5.87. The number of pyridine rings is 1. The number of hydrogen-bond donors (Lipinski definition) is 1. The van der Waals surface area contributed by atoms with Crippen LogP contribution < -0.4 is 20.3 Å². The number of anilines is 3. The first-order valence-electron chi connectivity index (χ1n) is 8.74. The first-order chi connectivity index (χ1) is 12.0. The Morgan fingerprint density at radius 2 is 1.88 bits per heavy atom. The van der Waals surface area contributed by atoms with Gasteiger partial charge in [-0.05, 0) is 38.8 Å². The van der Waals surface area contributed by atoms with Crippen molar-refractivity contribution in [2.75, 3.05) is 41.7 Å². The third-order valence-electron chi connectivity index (χ3n) is 4.21. The minimum absolute atomic E-state index is 0.0523. The van der Waals surface area contributed by atoms with Crippen LogP contribution in [0.15, 0.2) is 24.5 Å². The van der Waals surface area contributed by atoms with Gasteiger partial charge in [0.1, 0.15) is 5.82 Å². The van der Waals surface area contributed by atoms with Gasteiger partial charge in [0.2, 0.25) is 11.8 Å². The molecule has 0 atom stereocenters. The van der Waals surface area contributed by atoms with Gasteiger partial charge >= 0.3 is 0 Å². The van der Waals surface area contributed by atoms with E-state index in [1.165, 1.54) is 11.3 Å². The van der Waals surface area contributed by atoms with Crippen LogP contribution in [0, 0.1) is 6.92 Å². The second-order valence-corrected chi connectivity index (χ2v) is 6.58. The van der Waals surface area contributed by atoms with E-state index in [-0.39, 0.29) is 12.1 Å². The van der Waals surface area contributed by atoms with E-state index >= 15 is 0 Å². The molecule has 0 aliphatic carbocycles. The Balaban J connectivity index is 1.75. The molecule has 7 heteroatoms. The van der Waals surface area contributed by atoms with E-state index < -0.39 is 0 Å². The van der Waals surface area contributed by atoms with Crippen molar-refractivity contribution in [3.63, 3.8) is 0 Å². The van der Waals surface area contributed by atoms with Crippen LogP contribution >= 0.6 is 0 Å². The summed E-state index contributed by atoms with van der Waals surface area (Å²) in [7, 11) is 0.